The number of amides is 1. The van der Waals surface area contributed by atoms with Gasteiger partial charge in [0.15, 0.2) is 0 Å². The topological polar surface area (TPSA) is 70.1 Å². The Morgan fingerprint density at radius 1 is 1.35 bits per heavy atom. The summed E-state index contributed by atoms with van der Waals surface area (Å²) in [5.41, 5.74) is -0.570. The van der Waals surface area contributed by atoms with Gasteiger partial charge in [-0.3, -0.25) is 4.79 Å². The zero-order valence-electron chi connectivity index (χ0n) is 13.0. The molecule has 0 unspecified atom stereocenters. The minimum atomic E-state index is -0.854. The lowest BCUT2D eigenvalue weighted by Gasteiger charge is -2.40. The van der Waals surface area contributed by atoms with Crippen molar-refractivity contribution in [1.29, 1.82) is 0 Å². The fraction of sp³-hybridized carbons (Fsp3) is 0.857. The van der Waals surface area contributed by atoms with E-state index in [1.807, 2.05) is 14.0 Å². The van der Waals surface area contributed by atoms with Gasteiger partial charge in [0.25, 0.3) is 0 Å². The number of likely N-dealkylation sites (tertiary alicyclic amines) is 1. The largest absolute Gasteiger partial charge is 0.481 e. The molecule has 1 aliphatic heterocycles. The third kappa shape index (κ3) is 4.67. The summed E-state index contributed by atoms with van der Waals surface area (Å²) in [6.45, 7) is 8.99. The van der Waals surface area contributed by atoms with Gasteiger partial charge in [-0.15, -0.1) is 0 Å². The number of hydrogen-bond acceptors (Lipinski definition) is 4. The molecule has 20 heavy (non-hydrogen) atoms. The van der Waals surface area contributed by atoms with E-state index in [4.69, 9.17) is 4.74 Å². The lowest BCUT2D eigenvalue weighted by Crippen LogP contribution is -2.54. The maximum absolute atomic E-state index is 12.1. The number of nitrogens with zero attached hydrogens (tertiary/aromatic N) is 2. The highest BCUT2D eigenvalue weighted by atomic mass is 16.6. The fourth-order valence-corrected chi connectivity index (χ4v) is 2.30. The molecule has 1 amide bonds. The van der Waals surface area contributed by atoms with Gasteiger partial charge < -0.3 is 19.6 Å². The standard InChI is InChI=1S/C14H26N2O4/c1-6-15(5)11-7-10(12(17)18)8-16(9-11)13(19)20-14(2,3)4/h10-11H,6-9H2,1-5H3,(H,17,18)/t10-,11+/m1/s1. The van der Waals surface area contributed by atoms with Gasteiger partial charge in [0.05, 0.1) is 5.92 Å². The number of aliphatic carboxylic acids is 1. The summed E-state index contributed by atoms with van der Waals surface area (Å²) >= 11 is 0. The molecule has 6 nitrogen and oxygen atoms in total. The molecule has 0 aliphatic carbocycles. The monoisotopic (exact) mass is 286 g/mol. The highest BCUT2D eigenvalue weighted by Crippen LogP contribution is 2.22. The molecular formula is C14H26N2O4. The van der Waals surface area contributed by atoms with Crippen molar-refractivity contribution < 1.29 is 19.4 Å². The van der Waals surface area contributed by atoms with Crippen molar-refractivity contribution in [3.63, 3.8) is 0 Å². The highest BCUT2D eigenvalue weighted by molar-refractivity contribution is 5.73. The Labute approximate surface area is 120 Å². The quantitative estimate of drug-likeness (QED) is 0.854. The van der Waals surface area contributed by atoms with Crippen molar-refractivity contribution in [1.82, 2.24) is 9.80 Å². The first-order valence-corrected chi connectivity index (χ1v) is 7.05. The van der Waals surface area contributed by atoms with Crippen LogP contribution in [0.25, 0.3) is 0 Å². The molecule has 1 fully saturated rings. The molecule has 1 rings (SSSR count). The number of hydrogen-bond donors (Lipinski definition) is 1. The van der Waals surface area contributed by atoms with Crippen molar-refractivity contribution in [3.8, 4) is 0 Å². The van der Waals surface area contributed by atoms with E-state index >= 15 is 0 Å². The van der Waals surface area contributed by atoms with Crippen LogP contribution in [-0.4, -0.2) is 65.3 Å². The average Bonchev–Trinajstić information content (AvgIpc) is 2.35. The molecule has 116 valence electrons. The molecule has 0 saturated carbocycles. The second-order valence-electron chi connectivity index (χ2n) is 6.38. The molecule has 0 spiro atoms. The van der Waals surface area contributed by atoms with Crippen LogP contribution in [0.15, 0.2) is 0 Å². The number of carboxylic acids is 1. The smallest absolute Gasteiger partial charge is 0.410 e. The number of rotatable bonds is 3. The van der Waals surface area contributed by atoms with Crippen molar-refractivity contribution in [3.05, 3.63) is 0 Å². The third-order valence-corrected chi connectivity index (χ3v) is 3.55. The molecule has 0 bridgehead atoms. The Morgan fingerprint density at radius 2 is 1.95 bits per heavy atom. The molecule has 1 N–H and O–H groups in total. The summed E-state index contributed by atoms with van der Waals surface area (Å²) in [5, 5.41) is 9.25. The van der Waals surface area contributed by atoms with Gasteiger partial charge in [-0.05, 0) is 40.8 Å². The molecular weight excluding hydrogens is 260 g/mol. The predicted octanol–water partition coefficient (Wildman–Crippen LogP) is 1.65. The van der Waals surface area contributed by atoms with E-state index in [9.17, 15) is 14.7 Å². The van der Waals surface area contributed by atoms with Crippen LogP contribution in [0.1, 0.15) is 34.1 Å². The third-order valence-electron chi connectivity index (χ3n) is 3.55. The predicted molar refractivity (Wildman–Crippen MR) is 75.6 cm³/mol. The van der Waals surface area contributed by atoms with Gasteiger partial charge >= 0.3 is 12.1 Å². The number of carbonyl (C=O) groups is 2. The number of piperidine rings is 1. The molecule has 1 aliphatic rings. The van der Waals surface area contributed by atoms with Gasteiger partial charge in [-0.25, -0.2) is 4.79 Å². The average molecular weight is 286 g/mol. The van der Waals surface area contributed by atoms with Crippen molar-refractivity contribution in [2.45, 2.75) is 45.8 Å². The molecule has 2 atom stereocenters. The van der Waals surface area contributed by atoms with Crippen LogP contribution in [0.4, 0.5) is 4.79 Å². The van der Waals surface area contributed by atoms with E-state index in [0.29, 0.717) is 13.0 Å². The molecule has 1 heterocycles. The van der Waals surface area contributed by atoms with Crippen LogP contribution in [-0.2, 0) is 9.53 Å². The second kappa shape index (κ2) is 6.43. The van der Waals surface area contributed by atoms with Gasteiger partial charge in [0.2, 0.25) is 0 Å². The van der Waals surface area contributed by atoms with Crippen molar-refractivity contribution in [2.75, 3.05) is 26.7 Å². The summed E-state index contributed by atoms with van der Waals surface area (Å²) in [4.78, 5) is 27.0. The first-order chi connectivity index (χ1) is 9.14. The van der Waals surface area contributed by atoms with Gasteiger partial charge in [0, 0.05) is 19.1 Å². The number of carboxylic acid groups (broad SMARTS) is 1. The lowest BCUT2D eigenvalue weighted by molar-refractivity contribution is -0.144. The van der Waals surface area contributed by atoms with Crippen LogP contribution in [0.5, 0.6) is 0 Å². The molecule has 0 aromatic rings. The van der Waals surface area contributed by atoms with Gasteiger partial charge in [0.1, 0.15) is 5.60 Å². The Hall–Kier alpha value is -1.30. The van der Waals surface area contributed by atoms with Crippen molar-refractivity contribution >= 4 is 12.1 Å². The fourth-order valence-electron chi connectivity index (χ4n) is 2.30. The normalized spacial score (nSPS) is 23.8. The number of likely N-dealkylation sites (N-methyl/N-ethyl adjacent to an activating group) is 1. The molecule has 0 aromatic carbocycles. The van der Waals surface area contributed by atoms with Crippen LogP contribution < -0.4 is 0 Å². The van der Waals surface area contributed by atoms with E-state index in [-0.39, 0.29) is 12.6 Å². The first-order valence-electron chi connectivity index (χ1n) is 7.05. The SMILES string of the molecule is CCN(C)[C@H]1C[C@@H](C(=O)O)CN(C(=O)OC(C)(C)C)C1. The zero-order valence-corrected chi connectivity index (χ0v) is 13.0. The van der Waals surface area contributed by atoms with Gasteiger partial charge in [-0.1, -0.05) is 6.92 Å². The number of carbonyl (C=O) groups excluding carboxylic acids is 1. The molecule has 1 saturated heterocycles. The van der Waals surface area contributed by atoms with E-state index in [0.717, 1.165) is 6.54 Å². The molecule has 6 heteroatoms. The van der Waals surface area contributed by atoms with E-state index in [2.05, 4.69) is 4.90 Å². The first kappa shape index (κ1) is 16.8. The van der Waals surface area contributed by atoms with Crippen LogP contribution in [0, 0.1) is 5.92 Å². The summed E-state index contributed by atoms with van der Waals surface area (Å²) in [6.07, 6.45) is 0.136. The minimum absolute atomic E-state index is 0.0577. The summed E-state index contributed by atoms with van der Waals surface area (Å²) in [6, 6.07) is 0.0577. The number of ether oxygens (including phenoxy) is 1. The Bertz CT molecular complexity index is 365. The molecule has 0 radical (unpaired) electrons. The van der Waals surface area contributed by atoms with Crippen molar-refractivity contribution in [2.24, 2.45) is 5.92 Å². The Balaban J connectivity index is 2.79. The second-order valence-corrected chi connectivity index (χ2v) is 6.38. The Morgan fingerprint density at radius 3 is 2.40 bits per heavy atom. The summed E-state index contributed by atoms with van der Waals surface area (Å²) in [7, 11) is 1.95. The zero-order chi connectivity index (χ0) is 15.5. The highest BCUT2D eigenvalue weighted by Gasteiger charge is 2.36. The summed E-state index contributed by atoms with van der Waals surface area (Å²) < 4.78 is 5.34. The van der Waals surface area contributed by atoms with Crippen LogP contribution in [0.3, 0.4) is 0 Å². The molecule has 0 aromatic heterocycles. The summed E-state index contributed by atoms with van der Waals surface area (Å²) in [5.74, 6) is -1.39. The lowest BCUT2D eigenvalue weighted by atomic mass is 9.93. The Kier molecular flexibility index (Phi) is 5.39. The van der Waals surface area contributed by atoms with Crippen LogP contribution in [0.2, 0.25) is 0 Å². The van der Waals surface area contributed by atoms with Crippen LogP contribution >= 0.6 is 0 Å². The van der Waals surface area contributed by atoms with E-state index in [1.54, 1.807) is 20.8 Å². The van der Waals surface area contributed by atoms with Gasteiger partial charge in [-0.2, -0.15) is 0 Å². The van der Waals surface area contributed by atoms with E-state index in [1.165, 1.54) is 4.90 Å². The maximum atomic E-state index is 12.1. The van der Waals surface area contributed by atoms with E-state index < -0.39 is 23.6 Å². The maximum Gasteiger partial charge on any atom is 0.410 e. The minimum Gasteiger partial charge on any atom is -0.481 e.